The molecule has 3 aliphatic rings. The third-order valence-corrected chi connectivity index (χ3v) is 5.28. The summed E-state index contributed by atoms with van der Waals surface area (Å²) >= 11 is 5.75. The predicted octanol–water partition coefficient (Wildman–Crippen LogP) is 1.90. The van der Waals surface area contributed by atoms with Crippen LogP contribution in [0.25, 0.3) is 0 Å². The van der Waals surface area contributed by atoms with Gasteiger partial charge in [-0.15, -0.1) is 10.2 Å². The van der Waals surface area contributed by atoms with Crippen molar-refractivity contribution in [3.8, 4) is 0 Å². The van der Waals surface area contributed by atoms with E-state index >= 15 is 0 Å². The number of likely N-dealkylation sites (tertiary alicyclic amines) is 1. The van der Waals surface area contributed by atoms with E-state index in [-0.39, 0.29) is 0 Å². The van der Waals surface area contributed by atoms with Crippen LogP contribution in [0, 0.1) is 17.8 Å². The van der Waals surface area contributed by atoms with Gasteiger partial charge in [0.15, 0.2) is 5.15 Å². The lowest BCUT2D eigenvalue weighted by Crippen LogP contribution is -2.34. The Morgan fingerprint density at radius 1 is 1.19 bits per heavy atom. The van der Waals surface area contributed by atoms with Crippen LogP contribution in [0.15, 0.2) is 12.1 Å². The van der Waals surface area contributed by atoms with Crippen molar-refractivity contribution in [3.05, 3.63) is 17.3 Å². The highest BCUT2D eigenvalue weighted by molar-refractivity contribution is 6.29. The van der Waals surface area contributed by atoms with Gasteiger partial charge in [0.2, 0.25) is 0 Å². The zero-order valence-corrected chi connectivity index (χ0v) is 12.8. The largest absolute Gasteiger partial charge is 0.381 e. The van der Waals surface area contributed by atoms with Crippen LogP contribution < -0.4 is 5.32 Å². The average Bonchev–Trinajstić information content (AvgIpc) is 2.94. The van der Waals surface area contributed by atoms with E-state index in [1.807, 2.05) is 6.07 Å². The van der Waals surface area contributed by atoms with Crippen LogP contribution in [-0.2, 0) is 4.74 Å². The van der Waals surface area contributed by atoms with Gasteiger partial charge in [-0.3, -0.25) is 0 Å². The fraction of sp³-hybridized carbons (Fsp3) is 0.733. The van der Waals surface area contributed by atoms with E-state index in [0.717, 1.165) is 36.8 Å². The monoisotopic (exact) mass is 308 g/mol. The molecule has 0 amide bonds. The maximum Gasteiger partial charge on any atom is 0.151 e. The van der Waals surface area contributed by atoms with Gasteiger partial charge in [-0.25, -0.2) is 0 Å². The first-order chi connectivity index (χ1) is 10.3. The Kier molecular flexibility index (Phi) is 3.73. The molecule has 2 aliphatic heterocycles. The maximum absolute atomic E-state index is 5.75. The van der Waals surface area contributed by atoms with Gasteiger partial charge in [0.25, 0.3) is 0 Å². The molecule has 3 heterocycles. The summed E-state index contributed by atoms with van der Waals surface area (Å²) in [6.45, 7) is 5.60. The number of rotatable bonds is 4. The maximum atomic E-state index is 5.75. The Hall–Kier alpha value is -0.910. The number of nitrogens with zero attached hydrogens (tertiary/aromatic N) is 3. The molecule has 1 aliphatic carbocycles. The van der Waals surface area contributed by atoms with Gasteiger partial charge in [0.1, 0.15) is 5.82 Å². The third kappa shape index (κ3) is 3.00. The number of fused-ring (bicyclic) bond motifs is 1. The molecular formula is C15H21ClN4O. The van der Waals surface area contributed by atoms with Crippen LogP contribution in [0.2, 0.25) is 5.15 Å². The van der Waals surface area contributed by atoms with E-state index in [0.29, 0.717) is 11.2 Å². The Balaban J connectivity index is 1.24. The second kappa shape index (κ2) is 5.71. The summed E-state index contributed by atoms with van der Waals surface area (Å²) in [5.74, 6) is 3.24. The number of ether oxygens (including phenoxy) is 1. The molecule has 6 heteroatoms. The SMILES string of the molecule is Clc1ccc(N[C@H]2[C@@H]3CN(CC4CCOCC4)C[C@@H]32)nn1. The highest BCUT2D eigenvalue weighted by atomic mass is 35.5. The molecule has 1 N–H and O–H groups in total. The quantitative estimate of drug-likeness (QED) is 0.920. The van der Waals surface area contributed by atoms with Gasteiger partial charge < -0.3 is 15.0 Å². The van der Waals surface area contributed by atoms with Crippen molar-refractivity contribution >= 4 is 17.4 Å². The molecule has 0 aromatic carbocycles. The molecule has 3 fully saturated rings. The normalized spacial score (nSPS) is 32.9. The van der Waals surface area contributed by atoms with Crippen molar-refractivity contribution in [2.24, 2.45) is 17.8 Å². The number of aromatic nitrogens is 2. The van der Waals surface area contributed by atoms with Crippen LogP contribution >= 0.6 is 11.6 Å². The molecule has 1 aromatic heterocycles. The minimum atomic E-state index is 0.444. The van der Waals surface area contributed by atoms with E-state index in [2.05, 4.69) is 20.4 Å². The van der Waals surface area contributed by atoms with Gasteiger partial charge in [-0.1, -0.05) is 11.6 Å². The number of piperidine rings is 1. The Morgan fingerprint density at radius 2 is 1.95 bits per heavy atom. The first kappa shape index (κ1) is 13.7. The molecule has 2 saturated heterocycles. The number of halogens is 1. The molecule has 114 valence electrons. The predicted molar refractivity (Wildman–Crippen MR) is 81.4 cm³/mol. The van der Waals surface area contributed by atoms with Crippen LogP contribution in [-0.4, -0.2) is 54.0 Å². The second-order valence-electron chi connectivity index (χ2n) is 6.51. The van der Waals surface area contributed by atoms with Crippen LogP contribution in [0.4, 0.5) is 5.82 Å². The summed E-state index contributed by atoms with van der Waals surface area (Å²) < 4.78 is 5.44. The number of nitrogens with one attached hydrogen (secondary N) is 1. The summed E-state index contributed by atoms with van der Waals surface area (Å²) in [4.78, 5) is 2.64. The fourth-order valence-electron chi connectivity index (χ4n) is 3.83. The summed E-state index contributed by atoms with van der Waals surface area (Å²) in [5.41, 5.74) is 0. The van der Waals surface area contributed by atoms with Gasteiger partial charge in [0, 0.05) is 38.9 Å². The van der Waals surface area contributed by atoms with Crippen LogP contribution in [0.1, 0.15) is 12.8 Å². The molecule has 1 aromatic rings. The minimum Gasteiger partial charge on any atom is -0.381 e. The summed E-state index contributed by atoms with van der Waals surface area (Å²) in [6.07, 6.45) is 2.46. The smallest absolute Gasteiger partial charge is 0.151 e. The average molecular weight is 309 g/mol. The van der Waals surface area contributed by atoms with E-state index in [9.17, 15) is 0 Å². The summed E-state index contributed by atoms with van der Waals surface area (Å²) in [6, 6.07) is 4.27. The third-order valence-electron chi connectivity index (χ3n) is 5.07. The van der Waals surface area contributed by atoms with Gasteiger partial charge in [-0.2, -0.15) is 0 Å². The van der Waals surface area contributed by atoms with Crippen molar-refractivity contribution in [1.29, 1.82) is 0 Å². The second-order valence-corrected chi connectivity index (χ2v) is 6.90. The van der Waals surface area contributed by atoms with Crippen LogP contribution in [0.5, 0.6) is 0 Å². The first-order valence-electron chi connectivity index (χ1n) is 7.85. The summed E-state index contributed by atoms with van der Waals surface area (Å²) in [7, 11) is 0. The molecule has 0 spiro atoms. The fourth-order valence-corrected chi connectivity index (χ4v) is 3.94. The number of anilines is 1. The first-order valence-corrected chi connectivity index (χ1v) is 8.23. The van der Waals surface area contributed by atoms with Gasteiger partial charge in [0.05, 0.1) is 0 Å². The number of hydrogen-bond donors (Lipinski definition) is 1. The Bertz CT molecular complexity index is 479. The Morgan fingerprint density at radius 3 is 2.62 bits per heavy atom. The van der Waals surface area contributed by atoms with Crippen LogP contribution in [0.3, 0.4) is 0 Å². The zero-order chi connectivity index (χ0) is 14.2. The Labute approximate surface area is 130 Å². The molecular weight excluding hydrogens is 288 g/mol. The molecule has 4 rings (SSSR count). The van der Waals surface area contributed by atoms with Crippen molar-refractivity contribution in [1.82, 2.24) is 15.1 Å². The molecule has 3 atom stereocenters. The lowest BCUT2D eigenvalue weighted by atomic mass is 10.00. The molecule has 21 heavy (non-hydrogen) atoms. The van der Waals surface area contributed by atoms with E-state index in [4.69, 9.17) is 16.3 Å². The highest BCUT2D eigenvalue weighted by Gasteiger charge is 2.55. The van der Waals surface area contributed by atoms with E-state index in [1.54, 1.807) is 6.07 Å². The standard InChI is InChI=1S/C15H21ClN4O/c16-13-1-2-14(19-18-13)17-15-11-8-20(9-12(11)15)7-10-3-5-21-6-4-10/h1-2,10-12,15H,3-9H2,(H,17,19)/t11-,12+,15+. The van der Waals surface area contributed by atoms with Crippen molar-refractivity contribution in [3.63, 3.8) is 0 Å². The molecule has 0 radical (unpaired) electrons. The van der Waals surface area contributed by atoms with Gasteiger partial charge in [-0.05, 0) is 42.7 Å². The number of hydrogen-bond acceptors (Lipinski definition) is 5. The molecule has 1 saturated carbocycles. The molecule has 0 unspecified atom stereocenters. The summed E-state index contributed by atoms with van der Waals surface area (Å²) in [5, 5.41) is 11.9. The lowest BCUT2D eigenvalue weighted by molar-refractivity contribution is 0.0540. The van der Waals surface area contributed by atoms with E-state index < -0.39 is 0 Å². The molecule has 5 nitrogen and oxygen atoms in total. The minimum absolute atomic E-state index is 0.444. The highest BCUT2D eigenvalue weighted by Crippen LogP contribution is 2.47. The zero-order valence-electron chi connectivity index (χ0n) is 12.0. The lowest BCUT2D eigenvalue weighted by Gasteiger charge is -2.28. The van der Waals surface area contributed by atoms with E-state index in [1.165, 1.54) is 32.5 Å². The topological polar surface area (TPSA) is 50.3 Å². The van der Waals surface area contributed by atoms with Crippen molar-refractivity contribution in [2.45, 2.75) is 18.9 Å². The van der Waals surface area contributed by atoms with Crippen molar-refractivity contribution < 1.29 is 4.74 Å². The van der Waals surface area contributed by atoms with Crippen molar-refractivity contribution in [2.75, 3.05) is 38.2 Å². The van der Waals surface area contributed by atoms with Gasteiger partial charge >= 0.3 is 0 Å². The molecule has 0 bridgehead atoms.